The van der Waals surface area contributed by atoms with Crippen LogP contribution in [0, 0.1) is 6.92 Å². The van der Waals surface area contributed by atoms with Gasteiger partial charge >= 0.3 is 0 Å². The van der Waals surface area contributed by atoms with Crippen LogP contribution < -0.4 is 4.72 Å². The Bertz CT molecular complexity index is 1500. The molecule has 3 aromatic heterocycles. The second-order valence-electron chi connectivity index (χ2n) is 7.50. The van der Waals surface area contributed by atoms with Crippen LogP contribution in [-0.2, 0) is 29.7 Å². The number of para-hydroxylation sites is 1. The van der Waals surface area contributed by atoms with Gasteiger partial charge in [0.1, 0.15) is 0 Å². The van der Waals surface area contributed by atoms with E-state index in [0.29, 0.717) is 24.3 Å². The molecule has 2 aromatic carbocycles. The third kappa shape index (κ3) is 4.28. The highest BCUT2D eigenvalue weighted by molar-refractivity contribution is 7.89. The Kier molecular flexibility index (Phi) is 5.48. The molecular formula is C22H21N7O3S. The van der Waals surface area contributed by atoms with Gasteiger partial charge < -0.3 is 9.09 Å². The monoisotopic (exact) mass is 463 g/mol. The first-order valence-corrected chi connectivity index (χ1v) is 11.8. The lowest BCUT2D eigenvalue weighted by molar-refractivity contribution is 0.419. The number of hydrogen-bond acceptors (Lipinski definition) is 7. The summed E-state index contributed by atoms with van der Waals surface area (Å²) in [5.74, 6) is 0.455. The summed E-state index contributed by atoms with van der Waals surface area (Å²) in [7, 11) is -3.70. The molecule has 33 heavy (non-hydrogen) atoms. The van der Waals surface area contributed by atoms with Gasteiger partial charge in [0.15, 0.2) is 11.5 Å². The molecule has 1 N–H and O–H groups in total. The summed E-state index contributed by atoms with van der Waals surface area (Å²) in [6.07, 6.45) is 5.39. The Hall–Kier alpha value is -3.83. The van der Waals surface area contributed by atoms with E-state index in [2.05, 4.69) is 24.9 Å². The van der Waals surface area contributed by atoms with Gasteiger partial charge in [-0.2, -0.15) is 10.1 Å². The quantitative estimate of drug-likeness (QED) is 0.376. The average Bonchev–Trinajstić information content (AvgIpc) is 3.56. The number of benzene rings is 2. The Morgan fingerprint density at radius 1 is 1.06 bits per heavy atom. The molecule has 5 aromatic rings. The lowest BCUT2D eigenvalue weighted by Crippen LogP contribution is -2.24. The largest absolute Gasteiger partial charge is 0.336 e. The maximum Gasteiger partial charge on any atom is 0.279 e. The van der Waals surface area contributed by atoms with Gasteiger partial charge in [0.25, 0.3) is 5.89 Å². The van der Waals surface area contributed by atoms with Crippen molar-refractivity contribution in [3.63, 3.8) is 0 Å². The fourth-order valence-electron chi connectivity index (χ4n) is 3.60. The van der Waals surface area contributed by atoms with Gasteiger partial charge in [-0.25, -0.2) is 18.1 Å². The van der Waals surface area contributed by atoms with Crippen LogP contribution in [0.15, 0.2) is 76.7 Å². The van der Waals surface area contributed by atoms with Gasteiger partial charge in [0.05, 0.1) is 29.8 Å². The maximum absolute atomic E-state index is 12.6. The summed E-state index contributed by atoms with van der Waals surface area (Å²) < 4.78 is 37.1. The Balaban J connectivity index is 1.37. The van der Waals surface area contributed by atoms with Crippen molar-refractivity contribution in [2.75, 3.05) is 0 Å². The van der Waals surface area contributed by atoms with Crippen LogP contribution in [0.3, 0.4) is 0 Å². The van der Waals surface area contributed by atoms with Crippen molar-refractivity contribution in [1.29, 1.82) is 0 Å². The van der Waals surface area contributed by atoms with Crippen LogP contribution in [0.1, 0.15) is 11.4 Å². The Morgan fingerprint density at radius 2 is 1.88 bits per heavy atom. The molecule has 0 spiro atoms. The molecule has 0 radical (unpaired) electrons. The van der Waals surface area contributed by atoms with Crippen LogP contribution in [0.4, 0.5) is 0 Å². The van der Waals surface area contributed by atoms with Crippen molar-refractivity contribution in [2.24, 2.45) is 0 Å². The Labute approximate surface area is 189 Å². The number of nitrogens with zero attached hydrogens (tertiary/aromatic N) is 6. The van der Waals surface area contributed by atoms with Crippen molar-refractivity contribution in [1.82, 2.24) is 34.2 Å². The minimum absolute atomic E-state index is 0.0978. The number of aryl methyl sites for hydroxylation is 3. The van der Waals surface area contributed by atoms with E-state index >= 15 is 0 Å². The summed E-state index contributed by atoms with van der Waals surface area (Å²) in [5, 5.41) is 9.50. The molecule has 11 heteroatoms. The highest BCUT2D eigenvalue weighted by Gasteiger charge is 2.20. The van der Waals surface area contributed by atoms with E-state index in [1.54, 1.807) is 43.7 Å². The zero-order chi connectivity index (χ0) is 22.8. The van der Waals surface area contributed by atoms with Crippen molar-refractivity contribution < 1.29 is 12.9 Å². The van der Waals surface area contributed by atoms with Crippen LogP contribution >= 0.6 is 0 Å². The molecule has 0 saturated carbocycles. The molecular weight excluding hydrogens is 442 g/mol. The first-order chi connectivity index (χ1) is 16.0. The van der Waals surface area contributed by atoms with Crippen molar-refractivity contribution in [3.8, 4) is 11.6 Å². The van der Waals surface area contributed by atoms with Crippen LogP contribution in [0.25, 0.3) is 22.5 Å². The van der Waals surface area contributed by atoms with Crippen molar-refractivity contribution in [3.05, 3.63) is 78.6 Å². The second-order valence-corrected chi connectivity index (χ2v) is 9.23. The molecule has 3 heterocycles. The zero-order valence-corrected chi connectivity index (χ0v) is 18.6. The van der Waals surface area contributed by atoms with Gasteiger partial charge in [-0.3, -0.25) is 4.68 Å². The maximum atomic E-state index is 12.6. The molecule has 0 aliphatic carbocycles. The minimum Gasteiger partial charge on any atom is -0.336 e. The highest BCUT2D eigenvalue weighted by Crippen LogP contribution is 2.27. The summed E-state index contributed by atoms with van der Waals surface area (Å²) in [6, 6.07) is 14.6. The second kappa shape index (κ2) is 8.60. The predicted octanol–water partition coefficient (Wildman–Crippen LogP) is 2.77. The first-order valence-electron chi connectivity index (χ1n) is 10.3. The normalized spacial score (nSPS) is 11.9. The first kappa shape index (κ1) is 21.0. The van der Waals surface area contributed by atoms with Gasteiger partial charge in [-0.1, -0.05) is 41.6 Å². The SMILES string of the molecule is Cc1ccccc1S(=O)(=O)NCc1noc(-c2nn(CCn3ccnc3)c3ccccc23)n1. The minimum atomic E-state index is -3.70. The van der Waals surface area contributed by atoms with Gasteiger partial charge in [-0.15, -0.1) is 0 Å². The summed E-state index contributed by atoms with van der Waals surface area (Å²) in [6.45, 7) is 2.99. The van der Waals surface area contributed by atoms with Crippen LogP contribution in [0.5, 0.6) is 0 Å². The smallest absolute Gasteiger partial charge is 0.279 e. The third-order valence-electron chi connectivity index (χ3n) is 5.26. The highest BCUT2D eigenvalue weighted by atomic mass is 32.2. The number of fused-ring (bicyclic) bond motifs is 1. The van der Waals surface area contributed by atoms with Gasteiger partial charge in [-0.05, 0) is 24.6 Å². The molecule has 0 aliphatic rings. The Morgan fingerprint density at radius 3 is 2.70 bits per heavy atom. The fourth-order valence-corrected chi connectivity index (χ4v) is 4.83. The van der Waals surface area contributed by atoms with E-state index in [9.17, 15) is 8.42 Å². The van der Waals surface area contributed by atoms with Gasteiger partial charge in [0, 0.05) is 24.3 Å². The molecule has 0 fully saturated rings. The number of nitrogens with one attached hydrogen (secondary N) is 1. The van der Waals surface area contributed by atoms with E-state index in [1.807, 2.05) is 39.7 Å². The van der Waals surface area contributed by atoms with E-state index in [-0.39, 0.29) is 23.2 Å². The molecule has 0 saturated heterocycles. The summed E-state index contributed by atoms with van der Waals surface area (Å²) in [4.78, 5) is 8.66. The van der Waals surface area contributed by atoms with E-state index < -0.39 is 10.0 Å². The fraction of sp³-hybridized carbons (Fsp3) is 0.182. The third-order valence-corrected chi connectivity index (χ3v) is 6.82. The lowest BCUT2D eigenvalue weighted by atomic mass is 10.2. The predicted molar refractivity (Wildman–Crippen MR) is 120 cm³/mol. The number of rotatable bonds is 8. The standard InChI is InChI=1S/C22H21N7O3S/c1-16-6-2-5-9-19(16)33(30,31)24-14-20-25-22(32-27-20)21-17-7-3-4-8-18(17)29(26-21)13-12-28-11-10-23-15-28/h2-11,15,24H,12-14H2,1H3. The van der Waals surface area contributed by atoms with Crippen molar-refractivity contribution >= 4 is 20.9 Å². The number of hydrogen-bond donors (Lipinski definition) is 1. The molecule has 10 nitrogen and oxygen atoms in total. The van der Waals surface area contributed by atoms with Crippen LogP contribution in [-0.4, -0.2) is 37.9 Å². The van der Waals surface area contributed by atoms with Crippen LogP contribution in [0.2, 0.25) is 0 Å². The zero-order valence-electron chi connectivity index (χ0n) is 17.8. The van der Waals surface area contributed by atoms with Gasteiger partial charge in [0.2, 0.25) is 10.0 Å². The molecule has 168 valence electrons. The summed E-state index contributed by atoms with van der Waals surface area (Å²) in [5.41, 5.74) is 2.15. The number of aromatic nitrogens is 6. The van der Waals surface area contributed by atoms with Crippen molar-refractivity contribution in [2.45, 2.75) is 31.5 Å². The molecule has 0 amide bonds. The van der Waals surface area contributed by atoms with E-state index in [1.165, 1.54) is 0 Å². The number of imidazole rings is 1. The van der Waals surface area contributed by atoms with E-state index in [4.69, 9.17) is 4.52 Å². The molecule has 0 unspecified atom stereocenters. The molecule has 0 atom stereocenters. The lowest BCUT2D eigenvalue weighted by Gasteiger charge is -2.07. The molecule has 0 aliphatic heterocycles. The topological polar surface area (TPSA) is 121 Å². The molecule has 0 bridgehead atoms. The molecule has 5 rings (SSSR count). The summed E-state index contributed by atoms with van der Waals surface area (Å²) >= 11 is 0. The van der Waals surface area contributed by atoms with E-state index in [0.717, 1.165) is 10.9 Å². The average molecular weight is 464 g/mol. The number of sulfonamides is 1.